The summed E-state index contributed by atoms with van der Waals surface area (Å²) in [7, 11) is 6.66. The van der Waals surface area contributed by atoms with Crippen LogP contribution in [0.25, 0.3) is 11.0 Å². The fraction of sp³-hybridized carbons (Fsp3) is 0.192. The van der Waals surface area contributed by atoms with Gasteiger partial charge in [0.25, 0.3) is 11.3 Å². The zero-order chi connectivity index (χ0) is 27.2. The molecule has 1 unspecified atom stereocenters. The third-order valence-electron chi connectivity index (χ3n) is 5.34. The van der Waals surface area contributed by atoms with Crippen molar-refractivity contribution in [2.45, 2.75) is 0 Å². The summed E-state index contributed by atoms with van der Waals surface area (Å²) < 4.78 is 35.0. The predicted octanol–water partition coefficient (Wildman–Crippen LogP) is 4.17. The largest absolute Gasteiger partial charge is 0.497 e. The highest BCUT2D eigenvalue weighted by Gasteiger charge is 2.23. The number of fused-ring (bicyclic) bond motifs is 1. The molecule has 12 heteroatoms. The normalized spacial score (nSPS) is 11.7. The Morgan fingerprint density at radius 1 is 0.921 bits per heavy atom. The number of aromatic nitrogens is 2. The lowest BCUT2D eigenvalue weighted by atomic mass is 10.2. The van der Waals surface area contributed by atoms with Crippen molar-refractivity contribution in [2.24, 2.45) is 0 Å². The van der Waals surface area contributed by atoms with Crippen LogP contribution in [0, 0.1) is 0 Å². The molecule has 0 bridgehead atoms. The van der Waals surface area contributed by atoms with Crippen LogP contribution in [-0.2, 0) is 16.1 Å². The molecule has 1 atom stereocenters. The lowest BCUT2D eigenvalue weighted by molar-refractivity contribution is -0.116. The zero-order valence-corrected chi connectivity index (χ0v) is 22.2. The van der Waals surface area contributed by atoms with Crippen LogP contribution >= 0.6 is 0 Å². The number of carbonyl (C=O) groups is 1. The first-order valence-corrected chi connectivity index (χ1v) is 12.6. The molecule has 3 aromatic carbocycles. The highest BCUT2D eigenvalue weighted by molar-refractivity contribution is 7.81. The molecule has 0 saturated heterocycles. The Bertz CT molecular complexity index is 1460. The van der Waals surface area contributed by atoms with E-state index in [2.05, 4.69) is 15.6 Å². The van der Waals surface area contributed by atoms with Gasteiger partial charge in [-0.1, -0.05) is 18.2 Å². The number of carbonyl (C=O) groups excluding carboxylic acids is 1. The highest BCUT2D eigenvalue weighted by Crippen LogP contribution is 2.36. The van der Waals surface area contributed by atoms with E-state index in [9.17, 15) is 13.6 Å². The Morgan fingerprint density at radius 3 is 2.18 bits per heavy atom. The topological polar surface area (TPSA) is 129 Å². The number of anilines is 5. The number of hydrogen-bond acceptors (Lipinski definition) is 8. The second-order valence-electron chi connectivity index (χ2n) is 8.47. The summed E-state index contributed by atoms with van der Waals surface area (Å²) in [6.45, 7) is 0.189. The van der Waals surface area contributed by atoms with E-state index in [4.69, 9.17) is 14.5 Å². The van der Waals surface area contributed by atoms with E-state index >= 15 is 0 Å². The van der Waals surface area contributed by atoms with Crippen LogP contribution in [0.15, 0.2) is 66.7 Å². The molecular formula is C26H28N6O5S. The van der Waals surface area contributed by atoms with Gasteiger partial charge in [-0.05, 0) is 44.4 Å². The molecule has 4 rings (SSSR count). The van der Waals surface area contributed by atoms with Gasteiger partial charge < -0.3 is 25.0 Å². The Kier molecular flexibility index (Phi) is 8.36. The molecule has 0 spiro atoms. The lowest BCUT2D eigenvalue weighted by Gasteiger charge is -2.23. The van der Waals surface area contributed by atoms with Crippen LogP contribution in [-0.4, -0.2) is 64.4 Å². The van der Waals surface area contributed by atoms with Crippen molar-refractivity contribution in [2.75, 3.05) is 49.8 Å². The summed E-state index contributed by atoms with van der Waals surface area (Å²) in [5.41, 5.74) is 2.47. The predicted molar refractivity (Wildman–Crippen MR) is 149 cm³/mol. The number of para-hydroxylation sites is 2. The number of ether oxygens (including phenoxy) is 2. The fourth-order valence-electron chi connectivity index (χ4n) is 3.72. The minimum Gasteiger partial charge on any atom is -0.497 e. The van der Waals surface area contributed by atoms with E-state index in [1.807, 2.05) is 12.1 Å². The second kappa shape index (κ2) is 11.9. The van der Waals surface area contributed by atoms with E-state index in [-0.39, 0.29) is 24.1 Å². The molecule has 0 aliphatic rings. The highest BCUT2D eigenvalue weighted by atomic mass is 32.2. The third-order valence-corrected chi connectivity index (χ3v) is 6.04. The van der Waals surface area contributed by atoms with Crippen molar-refractivity contribution in [3.05, 3.63) is 66.7 Å². The maximum atomic E-state index is 12.7. The van der Waals surface area contributed by atoms with Gasteiger partial charge in [-0.3, -0.25) is 9.35 Å². The molecule has 3 N–H and O–H groups in total. The molecule has 1 aromatic heterocycles. The summed E-state index contributed by atoms with van der Waals surface area (Å²) in [6, 6.07) is 19.0. The molecular weight excluding hydrogens is 508 g/mol. The van der Waals surface area contributed by atoms with Crippen molar-refractivity contribution >= 4 is 56.9 Å². The number of amides is 1. The number of nitrogens with zero attached hydrogens (tertiary/aromatic N) is 4. The number of likely N-dealkylation sites (N-methyl/N-ethyl adjacent to an activating group) is 1. The molecule has 0 radical (unpaired) electrons. The van der Waals surface area contributed by atoms with E-state index in [0.29, 0.717) is 39.6 Å². The van der Waals surface area contributed by atoms with E-state index in [0.717, 1.165) is 4.31 Å². The molecule has 1 heterocycles. The van der Waals surface area contributed by atoms with Gasteiger partial charge in [-0.2, -0.15) is 0 Å². The van der Waals surface area contributed by atoms with Crippen molar-refractivity contribution < 1.29 is 23.0 Å². The average molecular weight is 537 g/mol. The van der Waals surface area contributed by atoms with Gasteiger partial charge >= 0.3 is 0 Å². The second-order valence-corrected chi connectivity index (χ2v) is 9.30. The van der Waals surface area contributed by atoms with Crippen molar-refractivity contribution in [3.8, 4) is 11.5 Å². The first-order valence-electron chi connectivity index (χ1n) is 11.5. The summed E-state index contributed by atoms with van der Waals surface area (Å²) >= 11 is -2.54. The first-order chi connectivity index (χ1) is 18.3. The minimum absolute atomic E-state index is 0.100. The number of methoxy groups -OCH3 is 2. The Morgan fingerprint density at radius 2 is 1.58 bits per heavy atom. The van der Waals surface area contributed by atoms with Crippen molar-refractivity contribution in [1.82, 2.24) is 14.9 Å². The summed E-state index contributed by atoms with van der Waals surface area (Å²) in [4.78, 5) is 23.4. The van der Waals surface area contributed by atoms with Gasteiger partial charge in [-0.15, -0.1) is 0 Å². The number of benzene rings is 3. The monoisotopic (exact) mass is 536 g/mol. The summed E-state index contributed by atoms with van der Waals surface area (Å²) in [6.07, 6.45) is 0. The van der Waals surface area contributed by atoms with Crippen LogP contribution in [0.2, 0.25) is 0 Å². The van der Waals surface area contributed by atoms with Crippen molar-refractivity contribution in [1.29, 1.82) is 0 Å². The van der Waals surface area contributed by atoms with Crippen LogP contribution in [0.5, 0.6) is 11.5 Å². The van der Waals surface area contributed by atoms with Gasteiger partial charge in [0.1, 0.15) is 11.5 Å². The molecule has 1 amide bonds. The van der Waals surface area contributed by atoms with Crippen LogP contribution in [0.3, 0.4) is 0 Å². The average Bonchev–Trinajstić information content (AvgIpc) is 2.88. The molecule has 11 nitrogen and oxygen atoms in total. The Hall–Kier alpha value is -4.26. The quantitative estimate of drug-likeness (QED) is 0.256. The smallest absolute Gasteiger partial charge is 0.268 e. The number of rotatable bonds is 10. The maximum absolute atomic E-state index is 12.7. The van der Waals surface area contributed by atoms with Crippen LogP contribution in [0.1, 0.15) is 0 Å². The van der Waals surface area contributed by atoms with E-state index in [1.54, 1.807) is 87.8 Å². The Labute approximate surface area is 222 Å². The maximum Gasteiger partial charge on any atom is 0.268 e. The minimum atomic E-state index is -2.54. The molecule has 0 saturated carbocycles. The molecule has 0 aliphatic carbocycles. The van der Waals surface area contributed by atoms with Gasteiger partial charge in [0.05, 0.1) is 37.5 Å². The first kappa shape index (κ1) is 26.8. The van der Waals surface area contributed by atoms with E-state index < -0.39 is 11.3 Å². The lowest BCUT2D eigenvalue weighted by Crippen LogP contribution is -2.27. The number of hydrogen-bond donors (Lipinski definition) is 3. The van der Waals surface area contributed by atoms with E-state index in [1.165, 1.54) is 0 Å². The van der Waals surface area contributed by atoms with Crippen LogP contribution < -0.4 is 24.4 Å². The van der Waals surface area contributed by atoms with Gasteiger partial charge in [-0.25, -0.2) is 18.5 Å². The van der Waals surface area contributed by atoms with Crippen LogP contribution in [0.4, 0.5) is 28.7 Å². The molecule has 38 heavy (non-hydrogen) atoms. The standard InChI is InChI=1S/C26H28N6O5S/c1-31(2)16-24(33)27-17-8-7-9-19(12-17)32(38(34)35)26-25(29-22-10-5-6-11-23(22)30-26)28-18-13-20(36-3)15-21(14-18)37-4/h5-15H,16H2,1-4H3,(H,27,33)(H,28,29)(H,34,35). The molecule has 4 aromatic rings. The fourth-order valence-corrected chi connectivity index (χ4v) is 4.29. The molecule has 198 valence electrons. The van der Waals surface area contributed by atoms with Gasteiger partial charge in [0.2, 0.25) is 5.91 Å². The molecule has 0 fully saturated rings. The summed E-state index contributed by atoms with van der Waals surface area (Å²) in [5.74, 6) is 1.20. The third kappa shape index (κ3) is 6.35. The number of nitrogens with one attached hydrogen (secondary N) is 2. The summed E-state index contributed by atoms with van der Waals surface area (Å²) in [5, 5.41) is 5.99. The Balaban J connectivity index is 1.81. The molecule has 0 aliphatic heterocycles. The SMILES string of the molecule is COc1cc(Nc2nc3ccccc3nc2N(c2cccc(NC(=O)CN(C)C)c2)S(=O)O)cc(OC)c1. The van der Waals surface area contributed by atoms with Gasteiger partial charge in [0, 0.05) is 29.6 Å². The zero-order valence-electron chi connectivity index (χ0n) is 21.3. The van der Waals surface area contributed by atoms with Gasteiger partial charge in [0.15, 0.2) is 11.6 Å². The van der Waals surface area contributed by atoms with Crippen molar-refractivity contribution in [3.63, 3.8) is 0 Å².